The van der Waals surface area contributed by atoms with E-state index in [0.29, 0.717) is 12.1 Å². The number of nitrogens with one attached hydrogen (secondary N) is 1. The Hall–Kier alpha value is -1.61. The minimum Gasteiger partial charge on any atom is -0.466 e. The summed E-state index contributed by atoms with van der Waals surface area (Å²) in [6.45, 7) is 5.44. The summed E-state index contributed by atoms with van der Waals surface area (Å²) in [6.07, 6.45) is 2.84. The largest absolute Gasteiger partial charge is 0.466 e. The average Bonchev–Trinajstić information content (AvgIpc) is 2.37. The molecule has 0 aliphatic carbocycles. The van der Waals surface area contributed by atoms with Crippen LogP contribution >= 0.6 is 0 Å². The first-order valence-electron chi connectivity index (χ1n) is 6.15. The van der Waals surface area contributed by atoms with E-state index < -0.39 is 0 Å². The van der Waals surface area contributed by atoms with Gasteiger partial charge in [0.05, 0.1) is 7.11 Å². The van der Waals surface area contributed by atoms with E-state index >= 15 is 0 Å². The molecule has 0 radical (unpaired) electrons. The number of hydrogen-bond donors (Lipinski definition) is 1. The number of hydrogen-bond acceptors (Lipinski definition) is 3. The molecule has 0 amide bonds. The normalized spacial score (nSPS) is 11.4. The topological polar surface area (TPSA) is 38.3 Å². The van der Waals surface area contributed by atoms with Crippen molar-refractivity contribution < 1.29 is 9.53 Å². The third-order valence-electron chi connectivity index (χ3n) is 2.73. The van der Waals surface area contributed by atoms with Gasteiger partial charge in [-0.3, -0.25) is 0 Å². The van der Waals surface area contributed by atoms with Gasteiger partial charge in [-0.15, -0.1) is 0 Å². The van der Waals surface area contributed by atoms with Gasteiger partial charge >= 0.3 is 5.97 Å². The third-order valence-corrected chi connectivity index (χ3v) is 2.73. The molecule has 0 aromatic heterocycles. The number of rotatable bonds is 6. The van der Waals surface area contributed by atoms with Gasteiger partial charge in [0, 0.05) is 12.1 Å². The van der Waals surface area contributed by atoms with Crippen molar-refractivity contribution in [2.24, 2.45) is 0 Å². The lowest BCUT2D eigenvalue weighted by Gasteiger charge is -2.04. The highest BCUT2D eigenvalue weighted by atomic mass is 16.5. The molecule has 0 aliphatic heterocycles. The van der Waals surface area contributed by atoms with E-state index in [1.165, 1.54) is 18.2 Å². The monoisotopic (exact) mass is 247 g/mol. The molecule has 98 valence electrons. The zero-order valence-electron chi connectivity index (χ0n) is 11.3. The molecule has 0 saturated heterocycles. The first-order chi connectivity index (χ1) is 8.63. The van der Waals surface area contributed by atoms with Crippen LogP contribution in [0.15, 0.2) is 35.9 Å². The van der Waals surface area contributed by atoms with Crippen molar-refractivity contribution in [2.75, 3.05) is 20.2 Å². The summed E-state index contributed by atoms with van der Waals surface area (Å²) >= 11 is 0. The molecule has 0 spiro atoms. The highest BCUT2D eigenvalue weighted by molar-refractivity contribution is 5.87. The van der Waals surface area contributed by atoms with Crippen LogP contribution in [0, 0.1) is 6.92 Å². The lowest BCUT2D eigenvalue weighted by atomic mass is 10.1. The molecule has 1 rings (SSSR count). The lowest BCUT2D eigenvalue weighted by molar-refractivity contribution is -0.136. The summed E-state index contributed by atoms with van der Waals surface area (Å²) < 4.78 is 4.62. The van der Waals surface area contributed by atoms with Crippen LogP contribution in [0.4, 0.5) is 0 Å². The van der Waals surface area contributed by atoms with Gasteiger partial charge in [0.15, 0.2) is 0 Å². The SMILES string of the molecule is COC(=O)/C(C)=C/CNCCc1cccc(C)c1. The molecule has 0 unspecified atom stereocenters. The van der Waals surface area contributed by atoms with E-state index in [0.717, 1.165) is 13.0 Å². The highest BCUT2D eigenvalue weighted by Crippen LogP contribution is 2.03. The molecule has 0 bridgehead atoms. The Morgan fingerprint density at radius 2 is 2.22 bits per heavy atom. The quantitative estimate of drug-likeness (QED) is 0.476. The zero-order valence-corrected chi connectivity index (χ0v) is 11.3. The fourth-order valence-corrected chi connectivity index (χ4v) is 1.67. The van der Waals surface area contributed by atoms with E-state index in [1.807, 2.05) is 6.08 Å². The van der Waals surface area contributed by atoms with Gasteiger partial charge in [-0.1, -0.05) is 35.9 Å². The van der Waals surface area contributed by atoms with Gasteiger partial charge in [0.2, 0.25) is 0 Å². The van der Waals surface area contributed by atoms with Crippen molar-refractivity contribution in [3.05, 3.63) is 47.0 Å². The fraction of sp³-hybridized carbons (Fsp3) is 0.400. The number of carbonyl (C=O) groups excluding carboxylic acids is 1. The molecule has 1 aromatic rings. The van der Waals surface area contributed by atoms with Crippen LogP contribution in [0.2, 0.25) is 0 Å². The van der Waals surface area contributed by atoms with Gasteiger partial charge in [-0.25, -0.2) is 4.79 Å². The minimum absolute atomic E-state index is 0.268. The van der Waals surface area contributed by atoms with Crippen LogP contribution in [-0.4, -0.2) is 26.2 Å². The Morgan fingerprint density at radius 1 is 1.44 bits per heavy atom. The second kappa shape index (κ2) is 7.67. The zero-order chi connectivity index (χ0) is 13.4. The smallest absolute Gasteiger partial charge is 0.333 e. The number of ether oxygens (including phenoxy) is 1. The van der Waals surface area contributed by atoms with Crippen molar-refractivity contribution in [3.63, 3.8) is 0 Å². The fourth-order valence-electron chi connectivity index (χ4n) is 1.67. The molecule has 18 heavy (non-hydrogen) atoms. The van der Waals surface area contributed by atoms with Gasteiger partial charge in [0.1, 0.15) is 0 Å². The Kier molecular flexibility index (Phi) is 6.15. The molecule has 1 N–H and O–H groups in total. The molecule has 3 heteroatoms. The summed E-state index contributed by atoms with van der Waals surface area (Å²) in [5.74, 6) is -0.268. The van der Waals surface area contributed by atoms with Gasteiger partial charge in [-0.2, -0.15) is 0 Å². The van der Waals surface area contributed by atoms with E-state index in [1.54, 1.807) is 6.92 Å². The van der Waals surface area contributed by atoms with Crippen LogP contribution < -0.4 is 5.32 Å². The van der Waals surface area contributed by atoms with Crippen LogP contribution in [0.25, 0.3) is 0 Å². The Morgan fingerprint density at radius 3 is 2.89 bits per heavy atom. The summed E-state index contributed by atoms with van der Waals surface area (Å²) in [6, 6.07) is 8.49. The predicted molar refractivity (Wildman–Crippen MR) is 73.5 cm³/mol. The average molecular weight is 247 g/mol. The van der Waals surface area contributed by atoms with Gasteiger partial charge in [-0.05, 0) is 32.4 Å². The van der Waals surface area contributed by atoms with Crippen molar-refractivity contribution in [3.8, 4) is 0 Å². The lowest BCUT2D eigenvalue weighted by Crippen LogP contribution is -2.18. The Balaban J connectivity index is 2.25. The van der Waals surface area contributed by atoms with Gasteiger partial charge in [0.25, 0.3) is 0 Å². The van der Waals surface area contributed by atoms with Crippen molar-refractivity contribution >= 4 is 5.97 Å². The molecule has 0 heterocycles. The van der Waals surface area contributed by atoms with Crippen molar-refractivity contribution in [1.82, 2.24) is 5.32 Å². The Bertz CT molecular complexity index is 424. The number of aryl methyl sites for hydroxylation is 1. The minimum atomic E-state index is -0.268. The molecule has 0 fully saturated rings. The second-order valence-corrected chi connectivity index (χ2v) is 4.32. The van der Waals surface area contributed by atoms with Crippen LogP contribution in [-0.2, 0) is 16.0 Å². The maximum atomic E-state index is 11.1. The maximum absolute atomic E-state index is 11.1. The van der Waals surface area contributed by atoms with Crippen molar-refractivity contribution in [1.29, 1.82) is 0 Å². The van der Waals surface area contributed by atoms with Crippen molar-refractivity contribution in [2.45, 2.75) is 20.3 Å². The van der Waals surface area contributed by atoms with E-state index in [9.17, 15) is 4.79 Å². The standard InChI is InChI=1S/C15H21NO2/c1-12-5-4-6-14(11-12)8-10-16-9-7-13(2)15(17)18-3/h4-7,11,16H,8-10H2,1-3H3/b13-7+. The van der Waals surface area contributed by atoms with Crippen LogP contribution in [0.5, 0.6) is 0 Å². The molecule has 1 aromatic carbocycles. The molecule has 0 atom stereocenters. The first-order valence-corrected chi connectivity index (χ1v) is 6.15. The summed E-state index contributed by atoms with van der Waals surface area (Å²) in [7, 11) is 1.39. The molecule has 0 saturated carbocycles. The number of benzene rings is 1. The third kappa shape index (κ3) is 5.15. The van der Waals surface area contributed by atoms with Gasteiger partial charge < -0.3 is 10.1 Å². The molecule has 0 aliphatic rings. The summed E-state index contributed by atoms with van der Waals surface area (Å²) in [5.41, 5.74) is 3.26. The van der Waals surface area contributed by atoms with E-state index in [-0.39, 0.29) is 5.97 Å². The first kappa shape index (κ1) is 14.5. The van der Waals surface area contributed by atoms with Crippen LogP contribution in [0.3, 0.4) is 0 Å². The van der Waals surface area contributed by atoms with Crippen LogP contribution in [0.1, 0.15) is 18.1 Å². The van der Waals surface area contributed by atoms with E-state index in [4.69, 9.17) is 0 Å². The summed E-state index contributed by atoms with van der Waals surface area (Å²) in [5, 5.41) is 3.28. The number of methoxy groups -OCH3 is 1. The maximum Gasteiger partial charge on any atom is 0.333 e. The van der Waals surface area contributed by atoms with E-state index in [2.05, 4.69) is 41.2 Å². The Labute approximate surface area is 109 Å². The number of carbonyl (C=O) groups is 1. The molecular weight excluding hydrogens is 226 g/mol. The predicted octanol–water partition coefficient (Wildman–Crippen LogP) is 2.25. The highest BCUT2D eigenvalue weighted by Gasteiger charge is 2.01. The summed E-state index contributed by atoms with van der Waals surface area (Å²) in [4.78, 5) is 11.1. The second-order valence-electron chi connectivity index (χ2n) is 4.32. The number of esters is 1. The molecule has 3 nitrogen and oxygen atoms in total. The molecular formula is C15H21NO2.